The minimum atomic E-state index is -4.13. The first-order valence-electron chi connectivity index (χ1n) is 11.2. The van der Waals surface area contributed by atoms with Gasteiger partial charge in [-0.2, -0.15) is 4.31 Å². The number of hydrogen-bond donors (Lipinski definition) is 0. The molecular formula is C27H29NO5S. The van der Waals surface area contributed by atoms with Crippen LogP contribution in [0.3, 0.4) is 0 Å². The molecule has 0 saturated carbocycles. The molecular weight excluding hydrogens is 450 g/mol. The van der Waals surface area contributed by atoms with Crippen LogP contribution in [-0.2, 0) is 14.8 Å². The van der Waals surface area contributed by atoms with Crippen LogP contribution < -0.4 is 13.8 Å². The number of unbranched alkanes of at least 4 members (excludes halogenated alkanes) is 1. The summed E-state index contributed by atoms with van der Waals surface area (Å²) in [5.41, 5.74) is 0.974. The van der Waals surface area contributed by atoms with Crippen molar-refractivity contribution >= 4 is 27.7 Å². The minimum Gasteiger partial charge on any atom is -0.494 e. The van der Waals surface area contributed by atoms with E-state index in [1.807, 2.05) is 31.2 Å². The van der Waals surface area contributed by atoms with E-state index >= 15 is 0 Å². The Hall–Kier alpha value is -3.58. The van der Waals surface area contributed by atoms with Gasteiger partial charge in [-0.1, -0.05) is 43.7 Å². The van der Waals surface area contributed by atoms with E-state index < -0.39 is 15.9 Å². The van der Waals surface area contributed by atoms with E-state index in [4.69, 9.17) is 9.47 Å². The van der Waals surface area contributed by atoms with Crippen LogP contribution in [0.1, 0.15) is 32.3 Å². The zero-order valence-electron chi connectivity index (χ0n) is 19.4. The van der Waals surface area contributed by atoms with Crippen LogP contribution in [0.5, 0.6) is 11.5 Å². The number of rotatable bonds is 11. The van der Waals surface area contributed by atoms with Gasteiger partial charge >= 0.3 is 0 Å². The number of sulfonamides is 1. The molecule has 0 aliphatic carbocycles. The van der Waals surface area contributed by atoms with Crippen molar-refractivity contribution in [1.82, 2.24) is 0 Å². The number of benzene rings is 3. The first-order valence-corrected chi connectivity index (χ1v) is 12.7. The summed E-state index contributed by atoms with van der Waals surface area (Å²) in [5.74, 6) is 0.656. The topological polar surface area (TPSA) is 72.9 Å². The van der Waals surface area contributed by atoms with Gasteiger partial charge in [-0.05, 0) is 73.5 Å². The third-order valence-corrected chi connectivity index (χ3v) is 6.67. The molecule has 7 heteroatoms. The van der Waals surface area contributed by atoms with Crippen LogP contribution in [0.15, 0.2) is 89.8 Å². The Morgan fingerprint density at radius 1 is 0.853 bits per heavy atom. The van der Waals surface area contributed by atoms with Gasteiger partial charge in [-0.15, -0.1) is 0 Å². The van der Waals surface area contributed by atoms with E-state index in [1.165, 1.54) is 18.2 Å². The molecule has 0 atom stereocenters. The average molecular weight is 480 g/mol. The van der Waals surface area contributed by atoms with Crippen molar-refractivity contribution in [2.45, 2.75) is 31.6 Å². The highest BCUT2D eigenvalue weighted by Crippen LogP contribution is 2.27. The molecule has 0 aliphatic heterocycles. The summed E-state index contributed by atoms with van der Waals surface area (Å²) in [6.45, 7) is 5.09. The van der Waals surface area contributed by atoms with Crippen molar-refractivity contribution in [3.63, 3.8) is 0 Å². The van der Waals surface area contributed by atoms with Crippen molar-refractivity contribution in [1.29, 1.82) is 0 Å². The summed E-state index contributed by atoms with van der Waals surface area (Å²) in [6, 6.07) is 21.6. The maximum absolute atomic E-state index is 13.4. The second kappa shape index (κ2) is 12.0. The fourth-order valence-electron chi connectivity index (χ4n) is 3.17. The van der Waals surface area contributed by atoms with Crippen molar-refractivity contribution in [3.05, 3.63) is 90.5 Å². The molecule has 0 unspecified atom stereocenters. The Morgan fingerprint density at radius 3 is 2.09 bits per heavy atom. The molecule has 0 spiro atoms. The molecule has 0 aromatic heterocycles. The Kier molecular flexibility index (Phi) is 8.87. The lowest BCUT2D eigenvalue weighted by atomic mass is 10.2. The summed E-state index contributed by atoms with van der Waals surface area (Å²) in [5, 5.41) is 0. The average Bonchev–Trinajstić information content (AvgIpc) is 2.85. The maximum Gasteiger partial charge on any atom is 0.271 e. The Bertz CT molecular complexity index is 1190. The predicted octanol–water partition coefficient (Wildman–Crippen LogP) is 5.70. The van der Waals surface area contributed by atoms with Crippen molar-refractivity contribution in [2.75, 3.05) is 17.5 Å². The monoisotopic (exact) mass is 479 g/mol. The molecule has 3 aromatic carbocycles. The third kappa shape index (κ3) is 6.48. The molecule has 0 aliphatic rings. The molecule has 0 fully saturated rings. The van der Waals surface area contributed by atoms with Crippen molar-refractivity contribution in [2.24, 2.45) is 0 Å². The van der Waals surface area contributed by atoms with Crippen LogP contribution in [0.2, 0.25) is 0 Å². The Morgan fingerprint density at radius 2 is 1.47 bits per heavy atom. The van der Waals surface area contributed by atoms with E-state index in [2.05, 4.69) is 6.92 Å². The maximum atomic E-state index is 13.4. The number of nitrogens with zero attached hydrogens (tertiary/aromatic N) is 1. The number of carbonyl (C=O) groups is 1. The number of ether oxygens (including phenoxy) is 2. The zero-order chi connectivity index (χ0) is 24.4. The molecule has 0 heterocycles. The highest BCUT2D eigenvalue weighted by atomic mass is 32.2. The number of anilines is 1. The normalized spacial score (nSPS) is 11.4. The van der Waals surface area contributed by atoms with E-state index in [0.717, 1.165) is 28.5 Å². The first kappa shape index (κ1) is 25.1. The third-order valence-electron chi connectivity index (χ3n) is 4.93. The van der Waals surface area contributed by atoms with Crippen LogP contribution in [0, 0.1) is 0 Å². The predicted molar refractivity (Wildman–Crippen MR) is 135 cm³/mol. The van der Waals surface area contributed by atoms with Gasteiger partial charge in [0.2, 0.25) is 0 Å². The molecule has 1 amide bonds. The van der Waals surface area contributed by atoms with E-state index in [0.29, 0.717) is 19.0 Å². The fraction of sp³-hybridized carbons (Fsp3) is 0.222. The lowest BCUT2D eigenvalue weighted by Crippen LogP contribution is -2.35. The van der Waals surface area contributed by atoms with Gasteiger partial charge in [0.05, 0.1) is 23.8 Å². The Balaban J connectivity index is 1.87. The fourth-order valence-corrected chi connectivity index (χ4v) is 4.58. The second-order valence-corrected chi connectivity index (χ2v) is 9.24. The van der Waals surface area contributed by atoms with Crippen LogP contribution in [0.4, 0.5) is 5.69 Å². The molecule has 34 heavy (non-hydrogen) atoms. The molecule has 0 saturated heterocycles. The summed E-state index contributed by atoms with van der Waals surface area (Å²) in [7, 11) is -4.13. The van der Waals surface area contributed by atoms with Crippen LogP contribution in [-0.4, -0.2) is 27.5 Å². The highest BCUT2D eigenvalue weighted by molar-refractivity contribution is 7.93. The summed E-state index contributed by atoms with van der Waals surface area (Å²) >= 11 is 0. The quantitative estimate of drug-likeness (QED) is 0.261. The first-order chi connectivity index (χ1) is 16.5. The van der Waals surface area contributed by atoms with Gasteiger partial charge in [0, 0.05) is 6.08 Å². The molecule has 6 nitrogen and oxygen atoms in total. The number of hydrogen-bond acceptors (Lipinski definition) is 5. The SMILES string of the molecule is CCCCOc1ccc(/C=C/C(=O)N(c2ccc(OCC)cc2)S(=O)(=O)c2ccccc2)cc1. The molecule has 0 bridgehead atoms. The van der Waals surface area contributed by atoms with E-state index in [1.54, 1.807) is 48.5 Å². The lowest BCUT2D eigenvalue weighted by molar-refractivity contribution is -0.113. The number of amides is 1. The second-order valence-electron chi connectivity index (χ2n) is 7.45. The van der Waals surface area contributed by atoms with Crippen LogP contribution in [0.25, 0.3) is 6.08 Å². The van der Waals surface area contributed by atoms with E-state index in [-0.39, 0.29) is 10.6 Å². The smallest absolute Gasteiger partial charge is 0.271 e. The molecule has 0 radical (unpaired) electrons. The highest BCUT2D eigenvalue weighted by Gasteiger charge is 2.29. The minimum absolute atomic E-state index is 0.0271. The van der Waals surface area contributed by atoms with Gasteiger partial charge in [0.1, 0.15) is 11.5 Å². The summed E-state index contributed by atoms with van der Waals surface area (Å²) < 4.78 is 38.7. The van der Waals surface area contributed by atoms with Crippen molar-refractivity contribution in [3.8, 4) is 11.5 Å². The standard InChI is InChI=1S/C27H29NO5S/c1-3-5-21-33-25-16-11-22(12-17-25)13-20-27(29)28(23-14-18-24(19-15-23)32-4-2)34(30,31)26-9-7-6-8-10-26/h6-20H,3-5,21H2,1-2H3/b20-13+. The van der Waals surface area contributed by atoms with Gasteiger partial charge in [0.15, 0.2) is 0 Å². The van der Waals surface area contributed by atoms with Gasteiger partial charge in [-0.25, -0.2) is 8.42 Å². The molecule has 178 valence electrons. The molecule has 0 N–H and O–H groups in total. The van der Waals surface area contributed by atoms with Gasteiger partial charge in [-0.3, -0.25) is 4.79 Å². The van der Waals surface area contributed by atoms with Gasteiger partial charge < -0.3 is 9.47 Å². The molecule has 3 rings (SSSR count). The van der Waals surface area contributed by atoms with Crippen molar-refractivity contribution < 1.29 is 22.7 Å². The van der Waals surface area contributed by atoms with Crippen LogP contribution >= 0.6 is 0 Å². The lowest BCUT2D eigenvalue weighted by Gasteiger charge is -2.21. The zero-order valence-corrected chi connectivity index (χ0v) is 20.2. The van der Waals surface area contributed by atoms with Gasteiger partial charge in [0.25, 0.3) is 15.9 Å². The van der Waals surface area contributed by atoms with E-state index in [9.17, 15) is 13.2 Å². The Labute approximate surface area is 201 Å². The largest absolute Gasteiger partial charge is 0.494 e. The molecule has 3 aromatic rings. The number of carbonyl (C=O) groups excluding carboxylic acids is 1. The summed E-state index contributed by atoms with van der Waals surface area (Å²) in [6.07, 6.45) is 4.87. The summed E-state index contributed by atoms with van der Waals surface area (Å²) in [4.78, 5) is 13.2.